The van der Waals surface area contributed by atoms with Crippen LogP contribution in [0.25, 0.3) is 11.3 Å². The Hall–Kier alpha value is -3.12. The fourth-order valence-electron chi connectivity index (χ4n) is 3.49. The zero-order valence-electron chi connectivity index (χ0n) is 16.7. The highest BCUT2D eigenvalue weighted by atomic mass is 35.5. The summed E-state index contributed by atoms with van der Waals surface area (Å²) in [6.07, 6.45) is 1.02. The second-order valence-corrected chi connectivity index (χ2v) is 7.59. The maximum Gasteiger partial charge on any atom is 0.263 e. The molecular weight excluding hydrogens is 400 g/mol. The van der Waals surface area contributed by atoms with Crippen LogP contribution in [0.3, 0.4) is 0 Å². The number of aromatic nitrogens is 2. The normalized spacial score (nSPS) is 15.0. The molecule has 1 aromatic heterocycles. The van der Waals surface area contributed by atoms with Gasteiger partial charge >= 0.3 is 0 Å². The van der Waals surface area contributed by atoms with Gasteiger partial charge in [-0.15, -0.1) is 0 Å². The molecule has 0 spiro atoms. The zero-order valence-corrected chi connectivity index (χ0v) is 17.5. The molecule has 0 radical (unpaired) electrons. The lowest BCUT2D eigenvalue weighted by molar-refractivity contribution is -0.138. The topological polar surface area (TPSA) is 58.6 Å². The number of piperazine rings is 1. The molecule has 4 rings (SSSR count). The molecule has 0 N–H and O–H groups in total. The predicted octanol–water partition coefficient (Wildman–Crippen LogP) is 3.91. The molecule has 1 unspecified atom stereocenters. The minimum atomic E-state index is -0.571. The van der Waals surface area contributed by atoms with Crippen molar-refractivity contribution in [1.29, 1.82) is 0 Å². The van der Waals surface area contributed by atoms with Crippen LogP contribution in [0.5, 0.6) is 5.75 Å². The number of halogens is 1. The highest BCUT2D eigenvalue weighted by Crippen LogP contribution is 2.22. The predicted molar refractivity (Wildman–Crippen MR) is 118 cm³/mol. The van der Waals surface area contributed by atoms with Crippen molar-refractivity contribution in [1.82, 2.24) is 14.9 Å². The van der Waals surface area contributed by atoms with Gasteiger partial charge in [-0.1, -0.05) is 48.0 Å². The molecule has 1 saturated heterocycles. The molecule has 0 bridgehead atoms. The lowest BCUT2D eigenvalue weighted by atomic mass is 10.1. The first-order chi connectivity index (χ1) is 14.6. The number of carbonyl (C=O) groups is 1. The van der Waals surface area contributed by atoms with Crippen LogP contribution in [0, 0.1) is 0 Å². The summed E-state index contributed by atoms with van der Waals surface area (Å²) in [7, 11) is 0. The van der Waals surface area contributed by atoms with Crippen LogP contribution >= 0.6 is 11.6 Å². The molecule has 0 saturated carbocycles. The van der Waals surface area contributed by atoms with Gasteiger partial charge in [0.25, 0.3) is 5.91 Å². The van der Waals surface area contributed by atoms with Crippen molar-refractivity contribution in [2.75, 3.05) is 31.1 Å². The number of benzene rings is 2. The van der Waals surface area contributed by atoms with Gasteiger partial charge in [-0.2, -0.15) is 0 Å². The molecule has 30 heavy (non-hydrogen) atoms. The number of hydrogen-bond donors (Lipinski definition) is 0. The van der Waals surface area contributed by atoms with Gasteiger partial charge in [0.1, 0.15) is 17.9 Å². The minimum absolute atomic E-state index is 0.0257. The highest BCUT2D eigenvalue weighted by Gasteiger charge is 2.26. The summed E-state index contributed by atoms with van der Waals surface area (Å²) < 4.78 is 5.78. The summed E-state index contributed by atoms with van der Waals surface area (Å²) in [5.41, 5.74) is 1.95. The van der Waals surface area contributed by atoms with E-state index in [2.05, 4.69) is 14.9 Å². The lowest BCUT2D eigenvalue weighted by Gasteiger charge is -2.36. The van der Waals surface area contributed by atoms with E-state index in [-0.39, 0.29) is 5.91 Å². The van der Waals surface area contributed by atoms with E-state index in [1.807, 2.05) is 41.3 Å². The fourth-order valence-corrected chi connectivity index (χ4v) is 3.67. The Morgan fingerprint density at radius 1 is 1.00 bits per heavy atom. The molecule has 2 heterocycles. The van der Waals surface area contributed by atoms with Crippen molar-refractivity contribution in [3.05, 3.63) is 72.0 Å². The summed E-state index contributed by atoms with van der Waals surface area (Å²) in [6, 6.07) is 19.1. The maximum atomic E-state index is 12.8. The number of nitrogens with zero attached hydrogens (tertiary/aromatic N) is 4. The number of anilines is 1. The molecule has 6 nitrogen and oxygen atoms in total. The Labute approximate surface area is 181 Å². The quantitative estimate of drug-likeness (QED) is 0.623. The lowest BCUT2D eigenvalue weighted by Crippen LogP contribution is -2.52. The van der Waals surface area contributed by atoms with E-state index in [1.54, 1.807) is 37.5 Å². The molecule has 1 amide bonds. The fraction of sp³-hybridized carbons (Fsp3) is 0.261. The van der Waals surface area contributed by atoms with Crippen molar-refractivity contribution in [3.8, 4) is 17.0 Å². The number of ether oxygens (including phenoxy) is 1. The van der Waals surface area contributed by atoms with Crippen LogP contribution in [-0.4, -0.2) is 53.1 Å². The summed E-state index contributed by atoms with van der Waals surface area (Å²) >= 11 is 5.99. The van der Waals surface area contributed by atoms with Gasteiger partial charge in [0.05, 0.1) is 5.69 Å². The van der Waals surface area contributed by atoms with Gasteiger partial charge in [0, 0.05) is 42.8 Å². The third-order valence-corrected chi connectivity index (χ3v) is 5.33. The van der Waals surface area contributed by atoms with Crippen LogP contribution in [0.1, 0.15) is 6.92 Å². The zero-order chi connectivity index (χ0) is 20.9. The molecule has 1 aliphatic rings. The molecule has 2 aromatic carbocycles. The Bertz CT molecular complexity index is 1010. The van der Waals surface area contributed by atoms with E-state index in [0.717, 1.165) is 17.1 Å². The number of hydrogen-bond acceptors (Lipinski definition) is 5. The number of amides is 1. The summed E-state index contributed by atoms with van der Waals surface area (Å²) in [4.78, 5) is 25.6. The molecule has 1 aliphatic heterocycles. The Morgan fingerprint density at radius 2 is 1.77 bits per heavy atom. The van der Waals surface area contributed by atoms with E-state index in [4.69, 9.17) is 16.3 Å². The molecule has 154 valence electrons. The van der Waals surface area contributed by atoms with Crippen LogP contribution in [-0.2, 0) is 4.79 Å². The van der Waals surface area contributed by atoms with Crippen molar-refractivity contribution in [2.45, 2.75) is 13.0 Å². The van der Waals surface area contributed by atoms with Gasteiger partial charge < -0.3 is 14.5 Å². The summed E-state index contributed by atoms with van der Waals surface area (Å²) in [5, 5.41) is 0.584. The Kier molecular flexibility index (Phi) is 6.14. The standard InChI is InChI=1S/C23H23ClN4O2/c1-17(30-20-9-5-8-19(24)14-20)23(29)28-12-10-27(11-13-28)22-15-21(25-16-26-22)18-6-3-2-4-7-18/h2-9,14-17H,10-13H2,1H3. The molecule has 1 atom stereocenters. The van der Waals surface area contributed by atoms with Crippen molar-refractivity contribution >= 4 is 23.3 Å². The number of rotatable bonds is 5. The van der Waals surface area contributed by atoms with Crippen molar-refractivity contribution in [3.63, 3.8) is 0 Å². The van der Waals surface area contributed by atoms with Gasteiger partial charge in [0.2, 0.25) is 0 Å². The van der Waals surface area contributed by atoms with Crippen LogP contribution in [0.2, 0.25) is 5.02 Å². The average molecular weight is 423 g/mol. The maximum absolute atomic E-state index is 12.8. The minimum Gasteiger partial charge on any atom is -0.481 e. The van der Waals surface area contributed by atoms with Gasteiger partial charge in [-0.25, -0.2) is 9.97 Å². The second-order valence-electron chi connectivity index (χ2n) is 7.16. The highest BCUT2D eigenvalue weighted by molar-refractivity contribution is 6.30. The van der Waals surface area contributed by atoms with E-state index in [1.165, 1.54) is 0 Å². The SMILES string of the molecule is CC(Oc1cccc(Cl)c1)C(=O)N1CCN(c2cc(-c3ccccc3)ncn2)CC1. The molecule has 0 aliphatic carbocycles. The van der Waals surface area contributed by atoms with Crippen LogP contribution in [0.15, 0.2) is 67.0 Å². The third kappa shape index (κ3) is 4.71. The largest absolute Gasteiger partial charge is 0.481 e. The van der Waals surface area contributed by atoms with E-state index < -0.39 is 6.10 Å². The molecule has 7 heteroatoms. The van der Waals surface area contributed by atoms with Crippen LogP contribution in [0.4, 0.5) is 5.82 Å². The molecule has 3 aromatic rings. The van der Waals surface area contributed by atoms with Gasteiger partial charge in [-0.05, 0) is 25.1 Å². The van der Waals surface area contributed by atoms with E-state index >= 15 is 0 Å². The van der Waals surface area contributed by atoms with Crippen LogP contribution < -0.4 is 9.64 Å². The van der Waals surface area contributed by atoms with Gasteiger partial charge in [-0.3, -0.25) is 4.79 Å². The first-order valence-corrected chi connectivity index (χ1v) is 10.3. The Balaban J connectivity index is 1.36. The summed E-state index contributed by atoms with van der Waals surface area (Å²) in [5.74, 6) is 1.44. The van der Waals surface area contributed by atoms with Gasteiger partial charge in [0.15, 0.2) is 6.10 Å². The first kappa shape index (κ1) is 20.2. The Morgan fingerprint density at radius 3 is 2.50 bits per heavy atom. The molecular formula is C23H23ClN4O2. The van der Waals surface area contributed by atoms with Crippen molar-refractivity contribution < 1.29 is 9.53 Å². The van der Waals surface area contributed by atoms with E-state index in [9.17, 15) is 4.79 Å². The second kappa shape index (κ2) is 9.13. The van der Waals surface area contributed by atoms with E-state index in [0.29, 0.717) is 37.0 Å². The number of carbonyl (C=O) groups excluding carboxylic acids is 1. The third-order valence-electron chi connectivity index (χ3n) is 5.09. The average Bonchev–Trinajstić information content (AvgIpc) is 2.79. The van der Waals surface area contributed by atoms with Crippen molar-refractivity contribution in [2.24, 2.45) is 0 Å². The monoisotopic (exact) mass is 422 g/mol. The smallest absolute Gasteiger partial charge is 0.263 e. The molecule has 1 fully saturated rings. The summed E-state index contributed by atoms with van der Waals surface area (Å²) in [6.45, 7) is 4.42. The first-order valence-electron chi connectivity index (χ1n) is 9.93.